The van der Waals surface area contributed by atoms with Crippen LogP contribution in [0.15, 0.2) is 66.7 Å². The molecule has 0 saturated carbocycles. The first-order chi connectivity index (χ1) is 18.6. The number of carbonyl (C=O) groups excluding carboxylic acids is 1. The largest absolute Gasteiger partial charge is 0.507 e. The Kier molecular flexibility index (Phi) is 10.3. The number of hydrogen-bond donors (Lipinski definition) is 2. The fourth-order valence-corrected chi connectivity index (χ4v) is 4.29. The number of phenols is 1. The fraction of sp³-hybridized carbons (Fsp3) is 0.353. The van der Waals surface area contributed by atoms with E-state index in [1.165, 1.54) is 43.4 Å². The van der Waals surface area contributed by atoms with Gasteiger partial charge in [-0.1, -0.05) is 77.0 Å². The molecular formula is C34H39NO4. The lowest BCUT2D eigenvalue weighted by Gasteiger charge is -2.27. The van der Waals surface area contributed by atoms with Crippen LogP contribution < -0.4 is 4.90 Å². The summed E-state index contributed by atoms with van der Waals surface area (Å²) in [6.45, 7) is 8.45. The van der Waals surface area contributed by atoms with E-state index >= 15 is 0 Å². The summed E-state index contributed by atoms with van der Waals surface area (Å²) < 4.78 is 0. The van der Waals surface area contributed by atoms with E-state index < -0.39 is 5.97 Å². The average molecular weight is 526 g/mol. The number of benzene rings is 3. The molecule has 3 aromatic rings. The van der Waals surface area contributed by atoms with Crippen molar-refractivity contribution in [3.8, 4) is 17.6 Å². The Balaban J connectivity index is 1.76. The summed E-state index contributed by atoms with van der Waals surface area (Å²) in [5, 5.41) is 19.3. The highest BCUT2D eigenvalue weighted by Crippen LogP contribution is 2.27. The minimum atomic E-state index is -1.20. The minimum absolute atomic E-state index is 0.0575. The van der Waals surface area contributed by atoms with E-state index in [2.05, 4.69) is 43.0 Å². The van der Waals surface area contributed by atoms with Crippen LogP contribution in [0, 0.1) is 17.3 Å². The van der Waals surface area contributed by atoms with Crippen molar-refractivity contribution >= 4 is 17.6 Å². The van der Waals surface area contributed by atoms with Crippen LogP contribution in [0.25, 0.3) is 0 Å². The van der Waals surface area contributed by atoms with Crippen molar-refractivity contribution in [2.45, 2.75) is 72.8 Å². The van der Waals surface area contributed by atoms with E-state index in [-0.39, 0.29) is 29.2 Å². The highest BCUT2D eigenvalue weighted by atomic mass is 16.4. The van der Waals surface area contributed by atoms with Gasteiger partial charge in [0.1, 0.15) is 11.3 Å². The maximum Gasteiger partial charge on any atom is 0.339 e. The normalized spacial score (nSPS) is 11.0. The molecular weight excluding hydrogens is 486 g/mol. The van der Waals surface area contributed by atoms with Gasteiger partial charge in [-0.05, 0) is 77.9 Å². The summed E-state index contributed by atoms with van der Waals surface area (Å²) >= 11 is 0. The van der Waals surface area contributed by atoms with Crippen LogP contribution >= 0.6 is 0 Å². The summed E-state index contributed by atoms with van der Waals surface area (Å²) in [7, 11) is 0. The molecule has 0 aromatic heterocycles. The molecule has 0 saturated heterocycles. The van der Waals surface area contributed by atoms with Crippen LogP contribution in [0.2, 0.25) is 0 Å². The second-order valence-corrected chi connectivity index (χ2v) is 11.2. The van der Waals surface area contributed by atoms with Crippen LogP contribution in [-0.4, -0.2) is 22.1 Å². The summed E-state index contributed by atoms with van der Waals surface area (Å²) in [6.07, 6.45) is 6.45. The molecule has 5 heteroatoms. The molecule has 0 aliphatic heterocycles. The lowest BCUT2D eigenvalue weighted by Crippen LogP contribution is -2.33. The predicted octanol–water partition coefficient (Wildman–Crippen LogP) is 7.58. The number of amides is 1. The van der Waals surface area contributed by atoms with Crippen LogP contribution in [-0.2, 0) is 17.8 Å². The fourth-order valence-electron chi connectivity index (χ4n) is 4.29. The number of carboxylic acid groups (broad SMARTS) is 1. The van der Waals surface area contributed by atoms with E-state index in [4.69, 9.17) is 0 Å². The lowest BCUT2D eigenvalue weighted by atomic mass is 9.91. The molecule has 0 heterocycles. The van der Waals surface area contributed by atoms with E-state index in [1.807, 2.05) is 45.0 Å². The van der Waals surface area contributed by atoms with Gasteiger partial charge in [0.2, 0.25) is 5.91 Å². The molecule has 0 aliphatic rings. The number of nitrogens with zero attached hydrogens (tertiary/aromatic N) is 1. The Labute approximate surface area is 232 Å². The first kappa shape index (κ1) is 29.5. The van der Waals surface area contributed by atoms with Gasteiger partial charge in [0, 0.05) is 23.2 Å². The Hall–Kier alpha value is -4.04. The van der Waals surface area contributed by atoms with Crippen LogP contribution in [0.1, 0.15) is 92.4 Å². The smallest absolute Gasteiger partial charge is 0.339 e. The maximum absolute atomic E-state index is 13.3. The molecule has 0 atom stereocenters. The van der Waals surface area contributed by atoms with E-state index in [9.17, 15) is 19.8 Å². The van der Waals surface area contributed by atoms with Crippen molar-refractivity contribution < 1.29 is 19.8 Å². The molecule has 3 rings (SSSR count). The lowest BCUT2D eigenvalue weighted by molar-refractivity contribution is -0.120. The SMILES string of the molecule is CCCCCCc1ccc(C#Cc2ccc(N(Cc3ccc(C(=O)O)c(O)c3)C(=O)CC(C)(C)C)cc2)cc1. The van der Waals surface area contributed by atoms with Crippen LogP contribution in [0.3, 0.4) is 0 Å². The molecule has 0 aliphatic carbocycles. The van der Waals surface area contributed by atoms with Crippen molar-refractivity contribution in [3.05, 3.63) is 94.5 Å². The third kappa shape index (κ3) is 9.33. The summed E-state index contributed by atoms with van der Waals surface area (Å²) in [4.78, 5) is 26.2. The number of unbranched alkanes of at least 4 members (excludes halogenated alkanes) is 3. The first-order valence-electron chi connectivity index (χ1n) is 13.6. The zero-order valence-electron chi connectivity index (χ0n) is 23.5. The Bertz CT molecular complexity index is 1320. The standard InChI is InChI=1S/C34H39NO4/c1-5-6-7-8-9-25-10-12-26(13-11-25)14-15-27-16-19-29(20-17-27)35(32(37)23-34(2,3)4)24-28-18-21-30(33(38)39)31(36)22-28/h10-13,16-22,36H,5-9,23-24H2,1-4H3,(H,38,39). The predicted molar refractivity (Wildman–Crippen MR) is 157 cm³/mol. The molecule has 3 aromatic carbocycles. The van der Waals surface area contributed by atoms with Gasteiger partial charge in [-0.25, -0.2) is 4.79 Å². The summed E-state index contributed by atoms with van der Waals surface area (Å²) in [5.74, 6) is 4.85. The molecule has 0 spiro atoms. The van der Waals surface area contributed by atoms with E-state index in [0.717, 1.165) is 17.5 Å². The zero-order chi connectivity index (χ0) is 28.4. The Morgan fingerprint density at radius 2 is 1.41 bits per heavy atom. The van der Waals surface area contributed by atoms with Gasteiger partial charge in [0.05, 0.1) is 6.54 Å². The van der Waals surface area contributed by atoms with E-state index in [0.29, 0.717) is 17.7 Å². The Morgan fingerprint density at radius 1 is 0.821 bits per heavy atom. The minimum Gasteiger partial charge on any atom is -0.507 e. The number of aromatic carboxylic acids is 1. The van der Waals surface area contributed by atoms with Crippen molar-refractivity contribution in [2.75, 3.05) is 4.90 Å². The number of rotatable bonds is 10. The van der Waals surface area contributed by atoms with Gasteiger partial charge in [-0.2, -0.15) is 0 Å². The van der Waals surface area contributed by atoms with Crippen LogP contribution in [0.4, 0.5) is 5.69 Å². The van der Waals surface area contributed by atoms with Gasteiger partial charge in [-0.3, -0.25) is 4.79 Å². The number of anilines is 1. The van der Waals surface area contributed by atoms with Crippen LogP contribution in [0.5, 0.6) is 5.75 Å². The van der Waals surface area contributed by atoms with Crippen molar-refractivity contribution in [1.29, 1.82) is 0 Å². The highest BCUT2D eigenvalue weighted by molar-refractivity contribution is 5.94. The number of carbonyl (C=O) groups is 2. The van der Waals surface area contributed by atoms with E-state index in [1.54, 1.807) is 11.0 Å². The van der Waals surface area contributed by atoms with Gasteiger partial charge in [0.25, 0.3) is 0 Å². The molecule has 0 radical (unpaired) electrons. The molecule has 39 heavy (non-hydrogen) atoms. The Morgan fingerprint density at radius 3 is 1.95 bits per heavy atom. The molecule has 2 N–H and O–H groups in total. The molecule has 5 nitrogen and oxygen atoms in total. The van der Waals surface area contributed by atoms with Gasteiger partial charge in [-0.15, -0.1) is 0 Å². The molecule has 1 amide bonds. The molecule has 0 unspecified atom stereocenters. The number of aromatic hydroxyl groups is 1. The summed E-state index contributed by atoms with van der Waals surface area (Å²) in [6, 6.07) is 20.3. The molecule has 204 valence electrons. The first-order valence-corrected chi connectivity index (χ1v) is 13.6. The average Bonchev–Trinajstić information content (AvgIpc) is 2.88. The maximum atomic E-state index is 13.3. The second-order valence-electron chi connectivity index (χ2n) is 11.2. The molecule has 0 bridgehead atoms. The number of aryl methyl sites for hydroxylation is 1. The van der Waals surface area contributed by atoms with Gasteiger partial charge in [0.15, 0.2) is 0 Å². The topological polar surface area (TPSA) is 77.8 Å². The third-order valence-corrected chi connectivity index (χ3v) is 6.42. The van der Waals surface area contributed by atoms with Crippen molar-refractivity contribution in [1.82, 2.24) is 0 Å². The quantitative estimate of drug-likeness (QED) is 0.211. The summed E-state index contributed by atoms with van der Waals surface area (Å²) in [5.41, 5.74) is 4.11. The second kappa shape index (κ2) is 13.7. The highest BCUT2D eigenvalue weighted by Gasteiger charge is 2.23. The number of carboxylic acids is 1. The zero-order valence-corrected chi connectivity index (χ0v) is 23.5. The monoisotopic (exact) mass is 525 g/mol. The van der Waals surface area contributed by atoms with Gasteiger partial charge < -0.3 is 15.1 Å². The third-order valence-electron chi connectivity index (χ3n) is 6.42. The van der Waals surface area contributed by atoms with Gasteiger partial charge >= 0.3 is 5.97 Å². The van der Waals surface area contributed by atoms with Crippen molar-refractivity contribution in [3.63, 3.8) is 0 Å². The number of hydrogen-bond acceptors (Lipinski definition) is 3. The van der Waals surface area contributed by atoms with Crippen molar-refractivity contribution in [2.24, 2.45) is 5.41 Å². The molecule has 0 fully saturated rings.